The van der Waals surface area contributed by atoms with Gasteiger partial charge >= 0.3 is 6.18 Å². The maximum atomic E-state index is 13.8. The topological polar surface area (TPSA) is 67.4 Å². The van der Waals surface area contributed by atoms with Gasteiger partial charge in [-0.15, -0.1) is 0 Å². The summed E-state index contributed by atoms with van der Waals surface area (Å²) in [7, 11) is 0. The number of hydrogen-bond acceptors (Lipinski definition) is 3. The van der Waals surface area contributed by atoms with Crippen LogP contribution in [0.2, 0.25) is 0 Å². The van der Waals surface area contributed by atoms with E-state index >= 15 is 0 Å². The molecule has 0 saturated heterocycles. The first-order chi connectivity index (χ1) is 18.2. The summed E-state index contributed by atoms with van der Waals surface area (Å²) in [6, 6.07) is 22.6. The molecular formula is C30H29F3N2O3. The quantitative estimate of drug-likeness (QED) is 0.372. The Bertz CT molecular complexity index is 1280. The third kappa shape index (κ3) is 5.12. The monoisotopic (exact) mass is 522 g/mol. The number of halogens is 3. The summed E-state index contributed by atoms with van der Waals surface area (Å²) >= 11 is 0. The summed E-state index contributed by atoms with van der Waals surface area (Å²) in [6.45, 7) is 0.0907. The number of hydrazine groups is 1. The van der Waals surface area contributed by atoms with Crippen LogP contribution in [0.4, 0.5) is 13.2 Å². The molecule has 3 aromatic rings. The highest BCUT2D eigenvalue weighted by molar-refractivity contribution is 5.97. The van der Waals surface area contributed by atoms with Crippen LogP contribution in [-0.4, -0.2) is 11.8 Å². The van der Waals surface area contributed by atoms with E-state index in [0.29, 0.717) is 19.3 Å². The second-order valence-electron chi connectivity index (χ2n) is 10.3. The molecule has 3 aliphatic carbocycles. The normalized spacial score (nSPS) is 22.5. The molecule has 0 aromatic heterocycles. The molecule has 2 N–H and O–H groups in total. The second kappa shape index (κ2) is 10.2. The summed E-state index contributed by atoms with van der Waals surface area (Å²) < 4.78 is 47.0. The fourth-order valence-electron chi connectivity index (χ4n) is 5.85. The molecule has 8 heteroatoms. The Morgan fingerprint density at radius 2 is 1.39 bits per heavy atom. The number of ether oxygens (including phenoxy) is 1. The zero-order valence-electron chi connectivity index (χ0n) is 20.8. The fraction of sp³-hybridized carbons (Fsp3) is 0.333. The molecular weight excluding hydrogens is 493 g/mol. The predicted octanol–water partition coefficient (Wildman–Crippen LogP) is 6.34. The van der Waals surface area contributed by atoms with Gasteiger partial charge in [-0.25, -0.2) is 0 Å². The first-order valence-electron chi connectivity index (χ1n) is 12.8. The van der Waals surface area contributed by atoms with Crippen molar-refractivity contribution in [1.29, 1.82) is 0 Å². The number of carbonyl (C=O) groups excluding carboxylic acids is 2. The van der Waals surface area contributed by atoms with Gasteiger partial charge in [-0.1, -0.05) is 60.7 Å². The highest BCUT2D eigenvalue weighted by Crippen LogP contribution is 2.57. The Balaban J connectivity index is 1.23. The SMILES string of the molecule is O=C(NNC(=O)C12CCC(c3ccccc3)(CC1)CC2)c1ccc(OCc2ccccc2)cc1C(F)(F)F. The molecule has 0 atom stereocenters. The third-order valence-corrected chi connectivity index (χ3v) is 8.19. The molecule has 3 saturated carbocycles. The van der Waals surface area contributed by atoms with Crippen LogP contribution in [0.1, 0.15) is 65.6 Å². The van der Waals surface area contributed by atoms with Crippen molar-refractivity contribution in [3.63, 3.8) is 0 Å². The van der Waals surface area contributed by atoms with Crippen LogP contribution >= 0.6 is 0 Å². The Kier molecular flexibility index (Phi) is 6.90. The highest BCUT2D eigenvalue weighted by Gasteiger charge is 2.53. The third-order valence-electron chi connectivity index (χ3n) is 8.19. The molecule has 198 valence electrons. The summed E-state index contributed by atoms with van der Waals surface area (Å²) in [5.74, 6) is -1.38. The van der Waals surface area contributed by atoms with Gasteiger partial charge in [0.1, 0.15) is 12.4 Å². The molecule has 3 fully saturated rings. The van der Waals surface area contributed by atoms with E-state index in [0.717, 1.165) is 37.0 Å². The lowest BCUT2D eigenvalue weighted by molar-refractivity contribution is -0.138. The van der Waals surface area contributed by atoms with Gasteiger partial charge in [0, 0.05) is 0 Å². The van der Waals surface area contributed by atoms with Crippen LogP contribution in [-0.2, 0) is 23.0 Å². The lowest BCUT2D eigenvalue weighted by Gasteiger charge is -2.52. The molecule has 0 unspecified atom stereocenters. The molecule has 0 aliphatic heterocycles. The van der Waals surface area contributed by atoms with Gasteiger partial charge < -0.3 is 4.74 Å². The molecule has 5 nitrogen and oxygen atoms in total. The van der Waals surface area contributed by atoms with E-state index in [1.165, 1.54) is 11.6 Å². The molecule has 3 aliphatic rings. The maximum Gasteiger partial charge on any atom is 0.417 e. The molecule has 2 bridgehead atoms. The minimum atomic E-state index is -4.78. The van der Waals surface area contributed by atoms with Gasteiger partial charge in [-0.3, -0.25) is 20.4 Å². The molecule has 0 spiro atoms. The van der Waals surface area contributed by atoms with Crippen molar-refractivity contribution >= 4 is 11.8 Å². The number of nitrogens with one attached hydrogen (secondary N) is 2. The van der Waals surface area contributed by atoms with Gasteiger partial charge in [0.2, 0.25) is 5.91 Å². The number of rotatable bonds is 6. The van der Waals surface area contributed by atoms with E-state index in [9.17, 15) is 22.8 Å². The first kappa shape index (κ1) is 25.8. The lowest BCUT2D eigenvalue weighted by Crippen LogP contribution is -2.55. The molecule has 6 rings (SSSR count). The number of benzene rings is 3. The summed E-state index contributed by atoms with van der Waals surface area (Å²) in [4.78, 5) is 25.9. The molecule has 0 heterocycles. The van der Waals surface area contributed by atoms with Gasteiger partial charge in [-0.05, 0) is 73.3 Å². The average molecular weight is 523 g/mol. The summed E-state index contributed by atoms with van der Waals surface area (Å²) in [6.07, 6.45) is -0.182. The van der Waals surface area contributed by atoms with Gasteiger partial charge in [0.15, 0.2) is 0 Å². The van der Waals surface area contributed by atoms with Crippen molar-refractivity contribution in [3.05, 3.63) is 101 Å². The average Bonchev–Trinajstić information content (AvgIpc) is 2.96. The minimum absolute atomic E-state index is 0.00744. The van der Waals surface area contributed by atoms with Crippen LogP contribution in [0.15, 0.2) is 78.9 Å². The van der Waals surface area contributed by atoms with E-state index < -0.39 is 28.6 Å². The van der Waals surface area contributed by atoms with E-state index in [2.05, 4.69) is 23.0 Å². The smallest absolute Gasteiger partial charge is 0.417 e. The molecule has 3 aromatic carbocycles. The zero-order chi connectivity index (χ0) is 26.8. The Labute approximate surface area is 219 Å². The standard InChI is InChI=1S/C30H29F3N2O3/c31-30(32,33)25-19-23(38-20-21-7-3-1-4-8-21)11-12-24(25)26(36)34-35-27(37)29-16-13-28(14-17-29,15-18-29)22-9-5-2-6-10-22/h1-12,19H,13-18,20H2,(H,34,36)(H,35,37). The molecule has 0 radical (unpaired) electrons. The van der Waals surface area contributed by atoms with Crippen molar-refractivity contribution in [3.8, 4) is 5.75 Å². The second-order valence-corrected chi connectivity index (χ2v) is 10.3. The summed E-state index contributed by atoms with van der Waals surface area (Å²) in [5.41, 5.74) is 4.47. The van der Waals surface area contributed by atoms with Crippen LogP contribution in [0.5, 0.6) is 5.75 Å². The number of carbonyl (C=O) groups is 2. The van der Waals surface area contributed by atoms with Crippen molar-refractivity contribution in [2.24, 2.45) is 5.41 Å². The van der Waals surface area contributed by atoms with E-state index in [1.54, 1.807) is 24.3 Å². The zero-order valence-corrected chi connectivity index (χ0v) is 20.8. The van der Waals surface area contributed by atoms with Crippen LogP contribution in [0.25, 0.3) is 0 Å². The lowest BCUT2D eigenvalue weighted by atomic mass is 9.51. The minimum Gasteiger partial charge on any atom is -0.489 e. The highest BCUT2D eigenvalue weighted by atomic mass is 19.4. The molecule has 2 amide bonds. The number of amides is 2. The summed E-state index contributed by atoms with van der Waals surface area (Å²) in [5, 5.41) is 0. The van der Waals surface area contributed by atoms with E-state index in [4.69, 9.17) is 4.74 Å². The van der Waals surface area contributed by atoms with Crippen LogP contribution in [0, 0.1) is 5.41 Å². The van der Waals surface area contributed by atoms with Crippen LogP contribution < -0.4 is 15.6 Å². The van der Waals surface area contributed by atoms with Crippen LogP contribution in [0.3, 0.4) is 0 Å². The first-order valence-corrected chi connectivity index (χ1v) is 12.8. The van der Waals surface area contributed by atoms with Gasteiger partial charge in [-0.2, -0.15) is 13.2 Å². The van der Waals surface area contributed by atoms with Crippen molar-refractivity contribution in [2.45, 2.75) is 56.7 Å². The fourth-order valence-corrected chi connectivity index (χ4v) is 5.85. The van der Waals surface area contributed by atoms with Gasteiger partial charge in [0.25, 0.3) is 5.91 Å². The number of fused-ring (bicyclic) bond motifs is 3. The van der Waals surface area contributed by atoms with Crippen molar-refractivity contribution in [1.82, 2.24) is 10.9 Å². The van der Waals surface area contributed by atoms with Crippen molar-refractivity contribution in [2.75, 3.05) is 0 Å². The van der Waals surface area contributed by atoms with Gasteiger partial charge in [0.05, 0.1) is 16.5 Å². The predicted molar refractivity (Wildman–Crippen MR) is 136 cm³/mol. The largest absolute Gasteiger partial charge is 0.489 e. The number of alkyl halides is 3. The Hall–Kier alpha value is -3.81. The Morgan fingerprint density at radius 1 is 0.789 bits per heavy atom. The van der Waals surface area contributed by atoms with Crippen molar-refractivity contribution < 1.29 is 27.5 Å². The Morgan fingerprint density at radius 3 is 2.00 bits per heavy atom. The number of hydrogen-bond donors (Lipinski definition) is 2. The van der Waals surface area contributed by atoms with E-state index in [-0.39, 0.29) is 23.7 Å². The van der Waals surface area contributed by atoms with E-state index in [1.807, 2.05) is 24.3 Å². The molecule has 38 heavy (non-hydrogen) atoms. The maximum absolute atomic E-state index is 13.8.